The summed E-state index contributed by atoms with van der Waals surface area (Å²) in [7, 11) is 0. The SMILES string of the molecule is Cc1cccc(Oc2ccccc2Oc2cccc(C)c2C)c1C. The minimum Gasteiger partial charge on any atom is -0.453 e. The monoisotopic (exact) mass is 318 g/mol. The van der Waals surface area contributed by atoms with E-state index in [4.69, 9.17) is 9.47 Å². The van der Waals surface area contributed by atoms with Crippen LogP contribution in [0.3, 0.4) is 0 Å². The van der Waals surface area contributed by atoms with Crippen molar-refractivity contribution < 1.29 is 9.47 Å². The fourth-order valence-corrected chi connectivity index (χ4v) is 2.53. The third kappa shape index (κ3) is 3.28. The molecule has 0 heterocycles. The minimum atomic E-state index is 0.715. The average Bonchev–Trinajstić information content (AvgIpc) is 2.58. The van der Waals surface area contributed by atoms with Crippen LogP contribution in [0.1, 0.15) is 22.3 Å². The highest BCUT2D eigenvalue weighted by Gasteiger charge is 2.11. The van der Waals surface area contributed by atoms with E-state index in [0.29, 0.717) is 11.5 Å². The van der Waals surface area contributed by atoms with E-state index in [9.17, 15) is 0 Å². The van der Waals surface area contributed by atoms with Crippen LogP contribution in [0.15, 0.2) is 60.7 Å². The van der Waals surface area contributed by atoms with Crippen molar-refractivity contribution in [3.8, 4) is 23.0 Å². The van der Waals surface area contributed by atoms with Crippen molar-refractivity contribution in [3.63, 3.8) is 0 Å². The molecule has 2 nitrogen and oxygen atoms in total. The summed E-state index contributed by atoms with van der Waals surface area (Å²) in [6, 6.07) is 19.9. The number of hydrogen-bond donors (Lipinski definition) is 0. The number of hydrogen-bond acceptors (Lipinski definition) is 2. The van der Waals surface area contributed by atoms with Gasteiger partial charge < -0.3 is 9.47 Å². The van der Waals surface area contributed by atoms with E-state index < -0.39 is 0 Å². The molecule has 0 atom stereocenters. The predicted octanol–water partition coefficient (Wildman–Crippen LogP) is 6.50. The molecule has 24 heavy (non-hydrogen) atoms. The van der Waals surface area contributed by atoms with Crippen LogP contribution in [0, 0.1) is 27.7 Å². The van der Waals surface area contributed by atoms with Gasteiger partial charge in [-0.15, -0.1) is 0 Å². The number of para-hydroxylation sites is 2. The molecule has 0 radical (unpaired) electrons. The summed E-state index contributed by atoms with van der Waals surface area (Å²) in [5.74, 6) is 3.14. The molecule has 0 aliphatic rings. The molecule has 0 aliphatic carbocycles. The Hall–Kier alpha value is -2.74. The molecule has 0 unspecified atom stereocenters. The summed E-state index contributed by atoms with van der Waals surface area (Å²) in [4.78, 5) is 0. The van der Waals surface area contributed by atoms with Crippen LogP contribution in [0.5, 0.6) is 23.0 Å². The first-order valence-electron chi connectivity index (χ1n) is 8.13. The largest absolute Gasteiger partial charge is 0.453 e. The first kappa shape index (κ1) is 16.1. The van der Waals surface area contributed by atoms with E-state index in [1.54, 1.807) is 0 Å². The molecule has 3 rings (SSSR count). The van der Waals surface area contributed by atoms with Gasteiger partial charge in [-0.05, 0) is 74.2 Å². The zero-order valence-corrected chi connectivity index (χ0v) is 14.6. The number of aryl methyl sites for hydroxylation is 2. The van der Waals surface area contributed by atoms with Gasteiger partial charge in [0.05, 0.1) is 0 Å². The molecule has 3 aromatic carbocycles. The second-order valence-corrected chi connectivity index (χ2v) is 6.05. The number of rotatable bonds is 4. The molecule has 122 valence electrons. The molecule has 3 aromatic rings. The quantitative estimate of drug-likeness (QED) is 0.546. The van der Waals surface area contributed by atoms with Gasteiger partial charge in [0.2, 0.25) is 0 Å². The standard InChI is InChI=1S/C22H22O2/c1-15-9-7-13-19(17(15)3)23-21-11-5-6-12-22(21)24-20-14-8-10-16(2)18(20)4/h5-14H,1-4H3. The van der Waals surface area contributed by atoms with E-state index in [-0.39, 0.29) is 0 Å². The van der Waals surface area contributed by atoms with Gasteiger partial charge in [-0.25, -0.2) is 0 Å². The Kier molecular flexibility index (Phi) is 4.57. The summed E-state index contributed by atoms with van der Waals surface area (Å²) >= 11 is 0. The van der Waals surface area contributed by atoms with Crippen LogP contribution in [0.4, 0.5) is 0 Å². The van der Waals surface area contributed by atoms with Crippen LogP contribution in [-0.4, -0.2) is 0 Å². The van der Waals surface area contributed by atoms with Crippen LogP contribution >= 0.6 is 0 Å². The maximum Gasteiger partial charge on any atom is 0.169 e. The van der Waals surface area contributed by atoms with Crippen molar-refractivity contribution in [2.24, 2.45) is 0 Å². The maximum absolute atomic E-state index is 6.14. The Morgan fingerprint density at radius 3 is 1.25 bits per heavy atom. The second-order valence-electron chi connectivity index (χ2n) is 6.05. The van der Waals surface area contributed by atoms with Gasteiger partial charge in [-0.2, -0.15) is 0 Å². The molecule has 0 aliphatic heterocycles. The topological polar surface area (TPSA) is 18.5 Å². The number of ether oxygens (including phenoxy) is 2. The van der Waals surface area contributed by atoms with Crippen molar-refractivity contribution in [2.75, 3.05) is 0 Å². The average molecular weight is 318 g/mol. The van der Waals surface area contributed by atoms with Crippen molar-refractivity contribution >= 4 is 0 Å². The van der Waals surface area contributed by atoms with Crippen LogP contribution in [0.25, 0.3) is 0 Å². The van der Waals surface area contributed by atoms with E-state index in [0.717, 1.165) is 22.6 Å². The lowest BCUT2D eigenvalue weighted by Gasteiger charge is -2.16. The molecular formula is C22H22O2. The fraction of sp³-hybridized carbons (Fsp3) is 0.182. The predicted molar refractivity (Wildman–Crippen MR) is 98.4 cm³/mol. The number of benzene rings is 3. The Labute approximate surface area is 143 Å². The molecule has 0 saturated heterocycles. The highest BCUT2D eigenvalue weighted by atomic mass is 16.5. The maximum atomic E-state index is 6.14. The Morgan fingerprint density at radius 2 is 0.833 bits per heavy atom. The minimum absolute atomic E-state index is 0.715. The van der Waals surface area contributed by atoms with E-state index >= 15 is 0 Å². The normalized spacial score (nSPS) is 10.5. The Balaban J connectivity index is 1.94. The van der Waals surface area contributed by atoms with Crippen molar-refractivity contribution in [2.45, 2.75) is 27.7 Å². The van der Waals surface area contributed by atoms with Gasteiger partial charge >= 0.3 is 0 Å². The highest BCUT2D eigenvalue weighted by Crippen LogP contribution is 2.37. The van der Waals surface area contributed by atoms with E-state index in [1.165, 1.54) is 11.1 Å². The zero-order chi connectivity index (χ0) is 17.1. The van der Waals surface area contributed by atoms with E-state index in [1.807, 2.05) is 48.5 Å². The summed E-state index contributed by atoms with van der Waals surface area (Å²) < 4.78 is 12.3. The molecule has 0 saturated carbocycles. The molecule has 0 amide bonds. The van der Waals surface area contributed by atoms with Gasteiger partial charge in [-0.1, -0.05) is 36.4 Å². The van der Waals surface area contributed by atoms with Crippen molar-refractivity contribution in [1.82, 2.24) is 0 Å². The lowest BCUT2D eigenvalue weighted by Crippen LogP contribution is -1.94. The summed E-state index contributed by atoms with van der Waals surface area (Å²) in [6.45, 7) is 8.30. The van der Waals surface area contributed by atoms with Crippen molar-refractivity contribution in [3.05, 3.63) is 82.9 Å². The Morgan fingerprint density at radius 1 is 0.458 bits per heavy atom. The molecule has 0 N–H and O–H groups in total. The first-order chi connectivity index (χ1) is 11.6. The fourth-order valence-electron chi connectivity index (χ4n) is 2.53. The molecule has 2 heteroatoms. The molecule has 0 bridgehead atoms. The van der Waals surface area contributed by atoms with Crippen LogP contribution < -0.4 is 9.47 Å². The molecule has 0 aromatic heterocycles. The second kappa shape index (κ2) is 6.79. The third-order valence-electron chi connectivity index (χ3n) is 4.40. The lowest BCUT2D eigenvalue weighted by atomic mass is 10.1. The first-order valence-corrected chi connectivity index (χ1v) is 8.13. The highest BCUT2D eigenvalue weighted by molar-refractivity contribution is 5.49. The van der Waals surface area contributed by atoms with Gasteiger partial charge in [0.1, 0.15) is 11.5 Å². The van der Waals surface area contributed by atoms with Crippen molar-refractivity contribution in [1.29, 1.82) is 0 Å². The Bertz CT molecular complexity index is 793. The summed E-state index contributed by atoms with van der Waals surface area (Å²) in [6.07, 6.45) is 0. The lowest BCUT2D eigenvalue weighted by molar-refractivity contribution is 0.415. The third-order valence-corrected chi connectivity index (χ3v) is 4.40. The van der Waals surface area contributed by atoms with Gasteiger partial charge in [0.15, 0.2) is 11.5 Å². The zero-order valence-electron chi connectivity index (χ0n) is 14.6. The van der Waals surface area contributed by atoms with Gasteiger partial charge in [-0.3, -0.25) is 0 Å². The summed E-state index contributed by atoms with van der Waals surface area (Å²) in [5.41, 5.74) is 4.69. The van der Waals surface area contributed by atoms with Crippen LogP contribution in [0.2, 0.25) is 0 Å². The van der Waals surface area contributed by atoms with Gasteiger partial charge in [0, 0.05) is 0 Å². The molecular weight excluding hydrogens is 296 g/mol. The molecule has 0 fully saturated rings. The van der Waals surface area contributed by atoms with E-state index in [2.05, 4.69) is 39.8 Å². The molecule has 0 spiro atoms. The summed E-state index contributed by atoms with van der Waals surface area (Å²) in [5, 5.41) is 0. The van der Waals surface area contributed by atoms with Crippen LogP contribution in [-0.2, 0) is 0 Å². The van der Waals surface area contributed by atoms with Gasteiger partial charge in [0.25, 0.3) is 0 Å². The smallest absolute Gasteiger partial charge is 0.169 e.